The first-order valence-corrected chi connectivity index (χ1v) is 26.6. The number of fused-ring (bicyclic) bond motifs is 6. The first kappa shape index (κ1) is 62.9. The lowest BCUT2D eigenvalue weighted by Crippen LogP contribution is -2.37. The molecule has 1 atom stereocenters. The van der Waals surface area contributed by atoms with Crippen LogP contribution in [-0.2, 0) is 78.9 Å². The van der Waals surface area contributed by atoms with Crippen molar-refractivity contribution in [3.63, 3.8) is 0 Å². The Balaban J connectivity index is 1.20. The molecule has 82 heavy (non-hydrogen) atoms. The molecule has 0 fully saturated rings. The summed E-state index contributed by atoms with van der Waals surface area (Å²) in [6.07, 6.45) is 3.94. The van der Waals surface area contributed by atoms with E-state index in [1.807, 2.05) is 0 Å². The second kappa shape index (κ2) is 30.5. The number of carbonyl (C=O) groups is 9. The molecule has 0 saturated carbocycles. The number of halogens is 1. The van der Waals surface area contributed by atoms with Gasteiger partial charge in [0, 0.05) is 106 Å². The van der Waals surface area contributed by atoms with Gasteiger partial charge in [0.2, 0.25) is 19.5 Å². The van der Waals surface area contributed by atoms with Gasteiger partial charge in [-0.05, 0) is 68.4 Å². The summed E-state index contributed by atoms with van der Waals surface area (Å²) in [7, 11) is 3.03. The number of anilines is 2. The second-order valence-electron chi connectivity index (χ2n) is 18.6. The Morgan fingerprint density at radius 3 is 1.99 bits per heavy atom. The zero-order chi connectivity index (χ0) is 59.3. The number of methoxy groups -OCH3 is 1. The minimum absolute atomic E-state index is 0.00875. The molecule has 2 aliphatic rings. The van der Waals surface area contributed by atoms with E-state index in [2.05, 4.69) is 20.1 Å². The van der Waals surface area contributed by atoms with E-state index in [0.717, 1.165) is 39.5 Å². The lowest BCUT2D eigenvalue weighted by atomic mass is 9.76. The topological polar surface area (TPSA) is 286 Å². The summed E-state index contributed by atoms with van der Waals surface area (Å²) >= 11 is 5.73. The molecule has 2 heterocycles. The molecule has 0 radical (unpaired) electrons. The lowest BCUT2D eigenvalue weighted by molar-refractivity contribution is -0.165. The molecule has 4 aromatic rings. The average molecular weight is 1160 g/mol. The highest BCUT2D eigenvalue weighted by atomic mass is 35.5. The minimum Gasteiger partial charge on any atom is -0.495 e. The van der Waals surface area contributed by atoms with Crippen LogP contribution in [0.3, 0.4) is 0 Å². The van der Waals surface area contributed by atoms with Crippen LogP contribution in [-0.4, -0.2) is 145 Å². The van der Waals surface area contributed by atoms with Crippen LogP contribution in [0.15, 0.2) is 66.7 Å². The van der Waals surface area contributed by atoms with Crippen LogP contribution in [0.25, 0.3) is 0 Å². The van der Waals surface area contributed by atoms with Crippen LogP contribution in [0.4, 0.5) is 11.4 Å². The fourth-order valence-electron chi connectivity index (χ4n) is 8.76. The van der Waals surface area contributed by atoms with Crippen LogP contribution >= 0.6 is 11.6 Å². The summed E-state index contributed by atoms with van der Waals surface area (Å²) in [4.78, 5) is 117. The second-order valence-corrected chi connectivity index (χ2v) is 19.0. The Morgan fingerprint density at radius 1 is 0.671 bits per heavy atom. The highest BCUT2D eigenvalue weighted by molar-refractivity contribution is 6.17. The number of hydrogen-bond donors (Lipinski definition) is 2. The van der Waals surface area contributed by atoms with Gasteiger partial charge < -0.3 is 72.5 Å². The van der Waals surface area contributed by atoms with E-state index in [1.54, 1.807) is 42.3 Å². The van der Waals surface area contributed by atoms with Crippen LogP contribution < -0.4 is 34.5 Å². The van der Waals surface area contributed by atoms with Gasteiger partial charge in [0.15, 0.2) is 5.60 Å². The van der Waals surface area contributed by atoms with Crippen LogP contribution in [0.1, 0.15) is 103 Å². The fraction of sp³-hybridized carbons (Fsp3) is 0.421. The van der Waals surface area contributed by atoms with Crippen molar-refractivity contribution in [3.05, 3.63) is 100 Å². The maximum Gasteiger partial charge on any atom is 0.340 e. The van der Waals surface area contributed by atoms with Crippen molar-refractivity contribution >= 4 is 76.6 Å². The first-order valence-electron chi connectivity index (χ1n) is 26.1. The molecule has 1 unspecified atom stereocenters. The predicted molar refractivity (Wildman–Crippen MR) is 291 cm³/mol. The van der Waals surface area contributed by atoms with Gasteiger partial charge in [0.1, 0.15) is 41.8 Å². The summed E-state index contributed by atoms with van der Waals surface area (Å²) in [6, 6.07) is 16.8. The van der Waals surface area contributed by atoms with Crippen molar-refractivity contribution in [2.75, 3.05) is 96.4 Å². The molecule has 2 N–H and O–H groups in total. The Labute approximate surface area is 477 Å². The maximum absolute atomic E-state index is 14.1. The number of benzene rings is 4. The third kappa shape index (κ3) is 17.3. The van der Waals surface area contributed by atoms with Gasteiger partial charge in [0.05, 0.1) is 43.7 Å². The van der Waals surface area contributed by atoms with Gasteiger partial charge in [-0.1, -0.05) is 18.9 Å². The molecule has 0 aromatic heterocycles. The molecule has 1 spiro atoms. The van der Waals surface area contributed by atoms with E-state index in [4.69, 9.17) is 54.2 Å². The van der Waals surface area contributed by atoms with Crippen molar-refractivity contribution in [3.8, 4) is 28.7 Å². The number of hydrogen-bond acceptors (Lipinski definition) is 22. The van der Waals surface area contributed by atoms with Crippen molar-refractivity contribution < 1.29 is 95.3 Å². The monoisotopic (exact) mass is 1160 g/mol. The number of esters is 7. The Morgan fingerprint density at radius 2 is 1.33 bits per heavy atom. The Kier molecular flexibility index (Phi) is 23.4. The van der Waals surface area contributed by atoms with Gasteiger partial charge in [-0.15, -0.1) is 11.6 Å². The number of ether oxygens (including phenoxy) is 11. The largest absolute Gasteiger partial charge is 0.495 e. The Bertz CT molecular complexity index is 2970. The third-order valence-corrected chi connectivity index (χ3v) is 12.7. The number of amides is 2. The standard InChI is InChI=1S/C57H65ClN4O20/c1-35(63)75-33-77-52(68)31-62(32-53(69)78-34-76-36(2)64)47-17-12-40(28-50(47)72-6)60-51(67)19-22-61(5)30-43-48(80-38(4)66)18-16-46-54(43)81-49-29-41(79-37(3)65)13-15-45(49)57(46)44-14-11-39(27-42(44)56(71)82-57)55(70)59-21-24-74-26-25-73-23-10-8-7-9-20-58/h11-18,27-29H,7-10,19-26,30-34H2,1-6H3,(H,59,70)(H,60,67). The Hall–Kier alpha value is -8.32. The summed E-state index contributed by atoms with van der Waals surface area (Å²) in [5.41, 5.74) is 0.432. The molecular weight excluding hydrogens is 1100 g/mol. The maximum atomic E-state index is 14.1. The number of nitrogens with zero attached hydrogens (tertiary/aromatic N) is 2. The molecular formula is C57H65ClN4O20. The number of alkyl halides is 1. The fourth-order valence-corrected chi connectivity index (χ4v) is 8.95. The normalized spacial score (nSPS) is 13.5. The summed E-state index contributed by atoms with van der Waals surface area (Å²) in [5.74, 6) is -4.83. The van der Waals surface area contributed by atoms with Gasteiger partial charge in [0.25, 0.3) is 5.91 Å². The summed E-state index contributed by atoms with van der Waals surface area (Å²) < 4.78 is 60.3. The smallest absolute Gasteiger partial charge is 0.340 e. The molecule has 0 aliphatic carbocycles. The highest BCUT2D eigenvalue weighted by Gasteiger charge is 2.54. The zero-order valence-electron chi connectivity index (χ0n) is 46.3. The van der Waals surface area contributed by atoms with Crippen LogP contribution in [0, 0.1) is 0 Å². The number of carbonyl (C=O) groups excluding carboxylic acids is 9. The molecule has 2 aliphatic heterocycles. The molecule has 0 bridgehead atoms. The quantitative estimate of drug-likeness (QED) is 0.0144. The number of rotatable bonds is 31. The summed E-state index contributed by atoms with van der Waals surface area (Å²) in [6.45, 7) is 4.18. The van der Waals surface area contributed by atoms with Crippen molar-refractivity contribution in [1.82, 2.24) is 10.2 Å². The lowest BCUT2D eigenvalue weighted by Gasteiger charge is -2.38. The van der Waals surface area contributed by atoms with Crippen molar-refractivity contribution in [2.45, 2.75) is 71.9 Å². The van der Waals surface area contributed by atoms with Gasteiger partial charge >= 0.3 is 41.8 Å². The van der Waals surface area contributed by atoms with E-state index in [1.165, 1.54) is 62.3 Å². The van der Waals surface area contributed by atoms with Crippen molar-refractivity contribution in [1.29, 1.82) is 0 Å². The molecule has 2 amide bonds. The van der Waals surface area contributed by atoms with Crippen LogP contribution in [0.2, 0.25) is 0 Å². The SMILES string of the molecule is COc1cc(NC(=O)CCN(C)Cc2c(OC(C)=O)ccc3c2Oc2cc(OC(C)=O)ccc2C32OC(=O)c3cc(C(=O)NCCOCCOCCCCCCCl)ccc32)ccc1N(CC(=O)OCOC(C)=O)CC(=O)OCOC(C)=O. The minimum atomic E-state index is -1.70. The van der Waals surface area contributed by atoms with E-state index in [9.17, 15) is 43.2 Å². The van der Waals surface area contributed by atoms with Gasteiger partial charge in [-0.25, -0.2) is 4.79 Å². The number of unbranched alkanes of at least 4 members (excludes halogenated alkanes) is 3. The molecule has 0 saturated heterocycles. The van der Waals surface area contributed by atoms with Crippen molar-refractivity contribution in [2.24, 2.45) is 0 Å². The number of nitrogens with one attached hydrogen (secondary N) is 2. The molecule has 24 nitrogen and oxygen atoms in total. The van der Waals surface area contributed by atoms with Crippen LogP contribution in [0.5, 0.6) is 28.7 Å². The zero-order valence-corrected chi connectivity index (χ0v) is 47.1. The third-order valence-electron chi connectivity index (χ3n) is 12.4. The van der Waals surface area contributed by atoms with E-state index < -0.39 is 85.9 Å². The molecule has 25 heteroatoms. The molecule has 6 rings (SSSR count). The molecule has 4 aromatic carbocycles. The van der Waals surface area contributed by atoms with E-state index >= 15 is 0 Å². The first-order chi connectivity index (χ1) is 39.3. The van der Waals surface area contributed by atoms with Gasteiger partial charge in [-0.3, -0.25) is 38.4 Å². The van der Waals surface area contributed by atoms with E-state index in [-0.39, 0.29) is 83.9 Å². The average Bonchev–Trinajstić information content (AvgIpc) is 2.05. The predicted octanol–water partition coefficient (Wildman–Crippen LogP) is 6.07. The van der Waals surface area contributed by atoms with Gasteiger partial charge in [-0.2, -0.15) is 0 Å². The molecule has 440 valence electrons. The van der Waals surface area contributed by atoms with E-state index in [0.29, 0.717) is 48.0 Å². The summed E-state index contributed by atoms with van der Waals surface area (Å²) in [5, 5.41) is 5.62. The highest BCUT2D eigenvalue weighted by Crippen LogP contribution is 2.58.